The van der Waals surface area contributed by atoms with Gasteiger partial charge in [0.15, 0.2) is 0 Å². The van der Waals surface area contributed by atoms with E-state index in [9.17, 15) is 23.2 Å². The summed E-state index contributed by atoms with van der Waals surface area (Å²) >= 11 is 0. The Morgan fingerprint density at radius 1 is 1.21 bits per heavy atom. The minimum Gasteiger partial charge on any atom is -0.497 e. The molecule has 0 spiro atoms. The van der Waals surface area contributed by atoms with Crippen molar-refractivity contribution in [2.45, 2.75) is 35.6 Å². The van der Waals surface area contributed by atoms with Crippen molar-refractivity contribution in [3.05, 3.63) is 54.4 Å². The quantitative estimate of drug-likeness (QED) is 0.313. The van der Waals surface area contributed by atoms with Gasteiger partial charge < -0.3 is 10.1 Å². The molecule has 1 saturated heterocycles. The maximum absolute atomic E-state index is 14.0. The molecule has 4 N–H and O–H groups in total. The molecule has 0 saturated carbocycles. The molecular formula is C21H27ClN4O6S. The van der Waals surface area contributed by atoms with Crippen molar-refractivity contribution in [3.8, 4) is 5.75 Å². The zero-order chi connectivity index (χ0) is 23.2. The Morgan fingerprint density at radius 2 is 1.88 bits per heavy atom. The smallest absolute Gasteiger partial charge is 0.280 e. The second kappa shape index (κ2) is 11.4. The van der Waals surface area contributed by atoms with E-state index in [2.05, 4.69) is 15.6 Å². The van der Waals surface area contributed by atoms with Crippen LogP contribution in [0.2, 0.25) is 0 Å². The third-order valence-corrected chi connectivity index (χ3v) is 8.05. The number of carbonyl (C=O) groups excluding carboxylic acids is 2. The Hall–Kier alpha value is -2.73. The predicted octanol–water partition coefficient (Wildman–Crippen LogP) is 1.19. The second-order valence-corrected chi connectivity index (χ2v) is 9.56. The first-order chi connectivity index (χ1) is 15.3. The highest BCUT2D eigenvalue weighted by Crippen LogP contribution is 2.37. The first-order valence-electron chi connectivity index (χ1n) is 10.1. The maximum Gasteiger partial charge on any atom is 0.280 e. The van der Waals surface area contributed by atoms with E-state index in [0.29, 0.717) is 11.3 Å². The predicted molar refractivity (Wildman–Crippen MR) is 122 cm³/mol. The first kappa shape index (κ1) is 26.5. The number of nitrogens with one attached hydrogen (secondary N) is 3. The van der Waals surface area contributed by atoms with Gasteiger partial charge in [0.1, 0.15) is 5.75 Å². The summed E-state index contributed by atoms with van der Waals surface area (Å²) in [6.45, 7) is 0.224. The summed E-state index contributed by atoms with van der Waals surface area (Å²) in [5.41, 5.74) is 2.24. The molecule has 1 aromatic carbocycles. The monoisotopic (exact) mass is 498 g/mol. The third kappa shape index (κ3) is 5.44. The van der Waals surface area contributed by atoms with Crippen molar-refractivity contribution in [2.24, 2.45) is 5.92 Å². The number of ether oxygens (including phenoxy) is 1. The first-order valence-corrected chi connectivity index (χ1v) is 11.6. The number of hydrogen-bond donors (Lipinski definition) is 4. The lowest BCUT2D eigenvalue weighted by atomic mass is 9.90. The van der Waals surface area contributed by atoms with Crippen molar-refractivity contribution in [1.29, 1.82) is 0 Å². The molecule has 1 fully saturated rings. The molecule has 2 amide bonds. The topological polar surface area (TPSA) is 147 Å². The summed E-state index contributed by atoms with van der Waals surface area (Å²) in [7, 11) is -2.94. The number of aromatic nitrogens is 1. The molecule has 1 unspecified atom stereocenters. The molecule has 180 valence electrons. The Labute approximate surface area is 198 Å². The van der Waals surface area contributed by atoms with Gasteiger partial charge in [-0.25, -0.2) is 13.9 Å². The van der Waals surface area contributed by atoms with Crippen LogP contribution >= 0.6 is 12.4 Å². The van der Waals surface area contributed by atoms with E-state index in [1.165, 1.54) is 31.4 Å². The highest BCUT2D eigenvalue weighted by atomic mass is 35.5. The van der Waals surface area contributed by atoms with Crippen LogP contribution < -0.4 is 20.9 Å². The van der Waals surface area contributed by atoms with Gasteiger partial charge in [-0.05, 0) is 54.8 Å². The molecule has 2 heterocycles. The summed E-state index contributed by atoms with van der Waals surface area (Å²) in [4.78, 5) is 26.7. The average Bonchev–Trinajstić information content (AvgIpc) is 3.04. The fourth-order valence-corrected chi connectivity index (χ4v) is 6.03. The van der Waals surface area contributed by atoms with Crippen LogP contribution in [-0.2, 0) is 26.0 Å². The van der Waals surface area contributed by atoms with Gasteiger partial charge in [0.25, 0.3) is 5.91 Å². The number of rotatable bonds is 8. The van der Waals surface area contributed by atoms with Crippen LogP contribution in [-0.4, -0.2) is 48.9 Å². The summed E-state index contributed by atoms with van der Waals surface area (Å²) in [6, 6.07) is 9.04. The number of methoxy groups -OCH3 is 1. The Kier molecular flexibility index (Phi) is 9.17. The number of amides is 2. The third-order valence-electron chi connectivity index (χ3n) is 5.65. The van der Waals surface area contributed by atoms with Gasteiger partial charge in [-0.3, -0.25) is 25.1 Å². The largest absolute Gasteiger partial charge is 0.497 e. The summed E-state index contributed by atoms with van der Waals surface area (Å²) < 4.78 is 33.1. The van der Waals surface area contributed by atoms with Gasteiger partial charge >= 0.3 is 0 Å². The van der Waals surface area contributed by atoms with Crippen molar-refractivity contribution in [2.75, 3.05) is 13.7 Å². The number of carbonyl (C=O) groups is 2. The highest BCUT2D eigenvalue weighted by Gasteiger charge is 2.56. The van der Waals surface area contributed by atoms with Crippen LogP contribution in [0.5, 0.6) is 5.75 Å². The lowest BCUT2D eigenvalue weighted by Gasteiger charge is -2.38. The van der Waals surface area contributed by atoms with Gasteiger partial charge in [-0.15, -0.1) is 12.4 Å². The van der Waals surface area contributed by atoms with Crippen LogP contribution in [0.3, 0.4) is 0 Å². The Balaban J connectivity index is 0.00000385. The van der Waals surface area contributed by atoms with E-state index < -0.39 is 26.5 Å². The zero-order valence-corrected chi connectivity index (χ0v) is 19.6. The zero-order valence-electron chi connectivity index (χ0n) is 18.0. The van der Waals surface area contributed by atoms with E-state index in [4.69, 9.17) is 4.74 Å². The molecule has 2 aromatic rings. The fraction of sp³-hybridized carbons (Fsp3) is 0.381. The summed E-state index contributed by atoms with van der Waals surface area (Å²) in [5, 5.41) is 15.2. The minimum atomic E-state index is -4.40. The lowest BCUT2D eigenvalue weighted by Crippen LogP contribution is -2.65. The molecule has 0 bridgehead atoms. The average molecular weight is 499 g/mol. The second-order valence-electron chi connectivity index (χ2n) is 7.44. The van der Waals surface area contributed by atoms with Crippen molar-refractivity contribution in [3.63, 3.8) is 0 Å². The molecule has 1 aliphatic rings. The van der Waals surface area contributed by atoms with Gasteiger partial charge in [-0.2, -0.15) is 0 Å². The normalized spacial score (nSPS) is 18.1. The van der Waals surface area contributed by atoms with Crippen LogP contribution in [0.1, 0.15) is 24.8 Å². The number of hydrogen-bond acceptors (Lipinski definition) is 8. The number of hydroxylamine groups is 1. The molecular weight excluding hydrogens is 472 g/mol. The Morgan fingerprint density at radius 3 is 2.48 bits per heavy atom. The number of pyridine rings is 1. The van der Waals surface area contributed by atoms with E-state index in [0.717, 1.165) is 0 Å². The molecule has 1 aromatic heterocycles. The number of benzene rings is 1. The van der Waals surface area contributed by atoms with Gasteiger partial charge in [0.05, 0.1) is 12.0 Å². The van der Waals surface area contributed by atoms with E-state index in [1.54, 1.807) is 30.0 Å². The van der Waals surface area contributed by atoms with Crippen LogP contribution in [0.25, 0.3) is 0 Å². The standard InChI is InChI=1S/C21H26N4O6S.ClH/c1-31-17-3-5-18(6-4-17)32(29,30)21(20(27)25-28,16-2-7-19(26)23-13-10-16)24-14-15-8-11-22-12-9-15;/h3-6,8-9,11-12,16,24,28H,2,7,10,13-14H2,1H3,(H,23,26)(H,25,27);1H/t16?,21-;/m1./s1. The summed E-state index contributed by atoms with van der Waals surface area (Å²) in [6.07, 6.45) is 3.52. The van der Waals surface area contributed by atoms with Gasteiger partial charge in [0.2, 0.25) is 20.6 Å². The SMILES string of the molecule is COc1ccc(S(=O)(=O)[C@@](NCc2ccncc2)(C(=O)NO)C2CCNC(=O)CC2)cc1.Cl. The van der Waals surface area contributed by atoms with Crippen LogP contribution in [0, 0.1) is 5.92 Å². The maximum atomic E-state index is 14.0. The number of nitrogens with zero attached hydrogens (tertiary/aromatic N) is 1. The summed E-state index contributed by atoms with van der Waals surface area (Å²) in [5.74, 6) is -1.68. The molecule has 3 rings (SSSR count). The van der Waals surface area contributed by atoms with Gasteiger partial charge in [0, 0.05) is 37.8 Å². The van der Waals surface area contributed by atoms with Crippen molar-refractivity contribution in [1.82, 2.24) is 21.1 Å². The fourth-order valence-electron chi connectivity index (χ4n) is 3.93. The van der Waals surface area contributed by atoms with E-state index in [-0.39, 0.29) is 55.6 Å². The van der Waals surface area contributed by atoms with Crippen molar-refractivity contribution < 1.29 is 28.0 Å². The van der Waals surface area contributed by atoms with E-state index in [1.807, 2.05) is 0 Å². The molecule has 1 aliphatic heterocycles. The lowest BCUT2D eigenvalue weighted by molar-refractivity contribution is -0.135. The Bertz CT molecular complexity index is 1050. The molecule has 12 heteroatoms. The molecule has 0 radical (unpaired) electrons. The molecule has 0 aliphatic carbocycles. The van der Waals surface area contributed by atoms with Crippen LogP contribution in [0.4, 0.5) is 0 Å². The van der Waals surface area contributed by atoms with Gasteiger partial charge in [-0.1, -0.05) is 0 Å². The van der Waals surface area contributed by atoms with E-state index >= 15 is 0 Å². The number of halogens is 1. The van der Waals surface area contributed by atoms with Crippen LogP contribution in [0.15, 0.2) is 53.7 Å². The highest BCUT2D eigenvalue weighted by molar-refractivity contribution is 7.93. The molecule has 2 atom stereocenters. The minimum absolute atomic E-state index is 0. The van der Waals surface area contributed by atoms with Crippen molar-refractivity contribution >= 4 is 34.1 Å². The number of sulfone groups is 1. The molecule has 10 nitrogen and oxygen atoms in total. The molecule has 33 heavy (non-hydrogen) atoms.